The van der Waals surface area contributed by atoms with Crippen LogP contribution < -0.4 is 20.5 Å². The van der Waals surface area contributed by atoms with E-state index in [1.807, 2.05) is 43.3 Å². The summed E-state index contributed by atoms with van der Waals surface area (Å²) in [6.07, 6.45) is 1.80. The van der Waals surface area contributed by atoms with Crippen molar-refractivity contribution in [2.75, 3.05) is 20.3 Å². The van der Waals surface area contributed by atoms with Crippen LogP contribution in [0, 0.1) is 6.92 Å². The number of hydrogen-bond donors (Lipinski definition) is 2. The molecule has 0 aliphatic heterocycles. The highest BCUT2D eigenvalue weighted by Gasteiger charge is 2.47. The number of amides is 1. The number of carbonyl (C=O) groups excluding carboxylic acids is 1. The number of ether oxygens (including phenoxy) is 2. The first-order valence-corrected chi connectivity index (χ1v) is 9.89. The summed E-state index contributed by atoms with van der Waals surface area (Å²) >= 11 is 0. The molecule has 4 rings (SSSR count). The molecular formula is C24H26N2O3. The lowest BCUT2D eigenvalue weighted by Gasteiger charge is -2.22. The zero-order valence-corrected chi connectivity index (χ0v) is 16.8. The molecule has 1 fully saturated rings. The van der Waals surface area contributed by atoms with Crippen molar-refractivity contribution in [1.29, 1.82) is 0 Å². The van der Waals surface area contributed by atoms with Gasteiger partial charge in [-0.3, -0.25) is 4.79 Å². The summed E-state index contributed by atoms with van der Waals surface area (Å²) in [5, 5.41) is 5.54. The minimum atomic E-state index is -0.369. The Labute approximate surface area is 170 Å². The fraction of sp³-hybridized carbons (Fsp3) is 0.292. The van der Waals surface area contributed by atoms with Crippen molar-refractivity contribution in [3.05, 3.63) is 71.3 Å². The molecule has 1 saturated carbocycles. The third-order valence-electron chi connectivity index (χ3n) is 5.53. The van der Waals surface area contributed by atoms with Gasteiger partial charge in [-0.25, -0.2) is 0 Å². The molecule has 3 N–H and O–H groups in total. The van der Waals surface area contributed by atoms with E-state index in [1.54, 1.807) is 13.2 Å². The van der Waals surface area contributed by atoms with Crippen LogP contribution in [0.3, 0.4) is 0 Å². The molecule has 0 radical (unpaired) electrons. The van der Waals surface area contributed by atoms with Crippen molar-refractivity contribution < 1.29 is 14.3 Å². The summed E-state index contributed by atoms with van der Waals surface area (Å²) in [7, 11) is 1.67. The van der Waals surface area contributed by atoms with Gasteiger partial charge in [0, 0.05) is 12.1 Å². The molecule has 29 heavy (non-hydrogen) atoms. The third-order valence-corrected chi connectivity index (χ3v) is 5.53. The maximum Gasteiger partial charge on any atom is 0.252 e. The van der Waals surface area contributed by atoms with Crippen molar-refractivity contribution >= 4 is 16.7 Å². The van der Waals surface area contributed by atoms with E-state index in [2.05, 4.69) is 17.4 Å². The molecule has 5 heteroatoms. The van der Waals surface area contributed by atoms with E-state index < -0.39 is 0 Å². The normalized spacial score (nSPS) is 14.4. The molecule has 150 valence electrons. The highest BCUT2D eigenvalue weighted by Crippen LogP contribution is 2.49. The van der Waals surface area contributed by atoms with E-state index in [-0.39, 0.29) is 11.4 Å². The first-order valence-electron chi connectivity index (χ1n) is 9.89. The highest BCUT2D eigenvalue weighted by molar-refractivity contribution is 5.98. The van der Waals surface area contributed by atoms with Gasteiger partial charge in [0.1, 0.15) is 18.1 Å². The molecule has 1 aliphatic carbocycles. The topological polar surface area (TPSA) is 73.6 Å². The number of hydrogen-bond acceptors (Lipinski definition) is 4. The van der Waals surface area contributed by atoms with Gasteiger partial charge in [-0.1, -0.05) is 30.3 Å². The maximum absolute atomic E-state index is 13.2. The molecule has 3 aromatic carbocycles. The van der Waals surface area contributed by atoms with E-state index >= 15 is 0 Å². The van der Waals surface area contributed by atoms with E-state index in [4.69, 9.17) is 15.2 Å². The SMILES string of the molecule is COc1cc(C2(NC(=O)c3cc(OCCN)ccc3C)CC2)c2ccccc2c1. The highest BCUT2D eigenvalue weighted by atomic mass is 16.5. The number of fused-ring (bicyclic) bond motifs is 1. The third kappa shape index (κ3) is 3.78. The van der Waals surface area contributed by atoms with Gasteiger partial charge in [0.15, 0.2) is 0 Å². The van der Waals surface area contributed by atoms with Gasteiger partial charge in [-0.05, 0) is 65.9 Å². The average Bonchev–Trinajstić information content (AvgIpc) is 3.52. The number of nitrogens with one attached hydrogen (secondary N) is 1. The molecule has 0 bridgehead atoms. The minimum Gasteiger partial charge on any atom is -0.497 e. The van der Waals surface area contributed by atoms with Gasteiger partial charge in [-0.2, -0.15) is 0 Å². The van der Waals surface area contributed by atoms with Crippen LogP contribution in [-0.4, -0.2) is 26.2 Å². The van der Waals surface area contributed by atoms with Gasteiger partial charge in [0.2, 0.25) is 0 Å². The van der Waals surface area contributed by atoms with Crippen molar-refractivity contribution in [1.82, 2.24) is 5.32 Å². The van der Waals surface area contributed by atoms with E-state index in [9.17, 15) is 4.79 Å². The zero-order valence-electron chi connectivity index (χ0n) is 16.8. The molecule has 0 atom stereocenters. The summed E-state index contributed by atoms with van der Waals surface area (Å²) in [6, 6.07) is 17.8. The number of aryl methyl sites for hydroxylation is 1. The second-order valence-electron chi connectivity index (χ2n) is 7.55. The van der Waals surface area contributed by atoms with E-state index in [1.165, 1.54) is 0 Å². The fourth-order valence-corrected chi connectivity index (χ4v) is 3.78. The molecular weight excluding hydrogens is 364 g/mol. The summed E-state index contributed by atoms with van der Waals surface area (Å²) in [5.41, 5.74) is 7.79. The predicted molar refractivity (Wildman–Crippen MR) is 115 cm³/mol. The molecule has 5 nitrogen and oxygen atoms in total. The van der Waals surface area contributed by atoms with Crippen molar-refractivity contribution in [2.24, 2.45) is 5.73 Å². The lowest BCUT2D eigenvalue weighted by molar-refractivity contribution is 0.0930. The Kier molecular flexibility index (Phi) is 5.16. The molecule has 1 amide bonds. The first kappa shape index (κ1) is 19.3. The van der Waals surface area contributed by atoms with E-state index in [0.29, 0.717) is 24.5 Å². The first-order chi connectivity index (χ1) is 14.1. The summed E-state index contributed by atoms with van der Waals surface area (Å²) in [6.45, 7) is 2.79. The van der Waals surface area contributed by atoms with Crippen molar-refractivity contribution in [3.8, 4) is 11.5 Å². The number of methoxy groups -OCH3 is 1. The van der Waals surface area contributed by atoms with Crippen LogP contribution in [0.15, 0.2) is 54.6 Å². The van der Waals surface area contributed by atoms with Crippen LogP contribution >= 0.6 is 0 Å². The van der Waals surface area contributed by atoms with Crippen LogP contribution in [0.4, 0.5) is 0 Å². The Hall–Kier alpha value is -3.05. The van der Waals surface area contributed by atoms with Gasteiger partial charge in [0.25, 0.3) is 5.91 Å². The maximum atomic E-state index is 13.2. The number of rotatable bonds is 7. The number of carbonyl (C=O) groups is 1. The predicted octanol–water partition coefficient (Wildman–Crippen LogP) is 3.91. The largest absolute Gasteiger partial charge is 0.497 e. The fourth-order valence-electron chi connectivity index (χ4n) is 3.78. The average molecular weight is 390 g/mol. The van der Waals surface area contributed by atoms with Crippen LogP contribution in [0.2, 0.25) is 0 Å². The van der Waals surface area contributed by atoms with Crippen molar-refractivity contribution in [2.45, 2.75) is 25.3 Å². The second-order valence-corrected chi connectivity index (χ2v) is 7.55. The minimum absolute atomic E-state index is 0.0925. The Morgan fingerprint density at radius 1 is 1.10 bits per heavy atom. The lowest BCUT2D eigenvalue weighted by atomic mass is 9.95. The van der Waals surface area contributed by atoms with Gasteiger partial charge < -0.3 is 20.5 Å². The van der Waals surface area contributed by atoms with Gasteiger partial charge in [-0.15, -0.1) is 0 Å². The van der Waals surface area contributed by atoms with Crippen LogP contribution in [0.5, 0.6) is 11.5 Å². The molecule has 0 unspecified atom stereocenters. The Bertz CT molecular complexity index is 1060. The number of nitrogens with two attached hydrogens (primary N) is 1. The van der Waals surface area contributed by atoms with Crippen LogP contribution in [-0.2, 0) is 5.54 Å². The summed E-state index contributed by atoms with van der Waals surface area (Å²) in [4.78, 5) is 13.2. The molecule has 0 saturated heterocycles. The summed E-state index contributed by atoms with van der Waals surface area (Å²) < 4.78 is 11.1. The monoisotopic (exact) mass is 390 g/mol. The zero-order chi connectivity index (χ0) is 20.4. The quantitative estimate of drug-likeness (QED) is 0.641. The van der Waals surface area contributed by atoms with Gasteiger partial charge in [0.05, 0.1) is 12.6 Å². The Balaban J connectivity index is 1.67. The standard InChI is InChI=1S/C24H26N2O3/c1-16-7-8-18(29-12-11-25)14-21(16)23(27)26-24(9-10-24)22-15-19(28-2)13-17-5-3-4-6-20(17)22/h3-8,13-15H,9-12,25H2,1-2H3,(H,26,27). The molecule has 0 heterocycles. The molecule has 0 aromatic heterocycles. The van der Waals surface area contributed by atoms with Crippen LogP contribution in [0.25, 0.3) is 10.8 Å². The van der Waals surface area contributed by atoms with Crippen LogP contribution in [0.1, 0.15) is 34.3 Å². The smallest absolute Gasteiger partial charge is 0.252 e. The summed E-state index contributed by atoms with van der Waals surface area (Å²) in [5.74, 6) is 1.36. The molecule has 1 aliphatic rings. The molecule has 0 spiro atoms. The second kappa shape index (κ2) is 7.76. The number of benzene rings is 3. The molecule has 3 aromatic rings. The lowest BCUT2D eigenvalue weighted by Crippen LogP contribution is -2.35. The Morgan fingerprint density at radius 2 is 1.90 bits per heavy atom. The van der Waals surface area contributed by atoms with E-state index in [0.717, 1.165) is 40.5 Å². The Morgan fingerprint density at radius 3 is 2.62 bits per heavy atom. The van der Waals surface area contributed by atoms with Crippen molar-refractivity contribution in [3.63, 3.8) is 0 Å². The van der Waals surface area contributed by atoms with Gasteiger partial charge >= 0.3 is 0 Å².